The number of anilines is 2. The lowest BCUT2D eigenvalue weighted by molar-refractivity contribution is 0.103. The number of hydrogen-bond acceptors (Lipinski definition) is 5. The minimum absolute atomic E-state index is 0.210. The monoisotopic (exact) mass is 404 g/mol. The summed E-state index contributed by atoms with van der Waals surface area (Å²) in [6.45, 7) is 2.13. The number of benzene rings is 2. The molecule has 0 saturated heterocycles. The van der Waals surface area contributed by atoms with Crippen LogP contribution in [-0.4, -0.2) is 34.2 Å². The van der Waals surface area contributed by atoms with Crippen LogP contribution in [0.4, 0.5) is 11.4 Å². The second kappa shape index (κ2) is 7.58. The molecule has 1 amide bonds. The van der Waals surface area contributed by atoms with Crippen LogP contribution in [0.1, 0.15) is 16.6 Å². The number of ether oxygens (including phenoxy) is 1. The molecule has 0 saturated carbocycles. The fraction of sp³-hybridized carbons (Fsp3) is 0.211. The van der Waals surface area contributed by atoms with Gasteiger partial charge in [-0.05, 0) is 60.8 Å². The number of fused-ring (bicyclic) bond motifs is 1. The summed E-state index contributed by atoms with van der Waals surface area (Å²) >= 11 is 1.36. The highest BCUT2D eigenvalue weighted by Crippen LogP contribution is 2.31. The lowest BCUT2D eigenvalue weighted by Crippen LogP contribution is -2.29. The van der Waals surface area contributed by atoms with E-state index in [9.17, 15) is 13.2 Å². The minimum atomic E-state index is -3.35. The van der Waals surface area contributed by atoms with Gasteiger partial charge in [-0.25, -0.2) is 8.42 Å². The van der Waals surface area contributed by atoms with Crippen LogP contribution in [0.3, 0.4) is 0 Å². The number of rotatable bonds is 6. The molecule has 0 fully saturated rings. The van der Waals surface area contributed by atoms with Crippen LogP contribution < -0.4 is 14.4 Å². The molecule has 0 aliphatic heterocycles. The van der Waals surface area contributed by atoms with Crippen molar-refractivity contribution in [1.82, 2.24) is 0 Å². The van der Waals surface area contributed by atoms with E-state index in [1.54, 1.807) is 56.5 Å². The quantitative estimate of drug-likeness (QED) is 0.675. The smallest absolute Gasteiger partial charge is 0.265 e. The zero-order valence-corrected chi connectivity index (χ0v) is 16.9. The average Bonchev–Trinajstić information content (AvgIpc) is 3.05. The number of hydrogen-bond donors (Lipinski definition) is 1. The maximum atomic E-state index is 12.5. The highest BCUT2D eigenvalue weighted by atomic mass is 32.2. The molecule has 2 aromatic carbocycles. The van der Waals surface area contributed by atoms with Crippen LogP contribution in [0.5, 0.6) is 5.75 Å². The molecule has 0 aliphatic carbocycles. The van der Waals surface area contributed by atoms with Gasteiger partial charge in [0.1, 0.15) is 5.75 Å². The van der Waals surface area contributed by atoms with Crippen molar-refractivity contribution in [2.45, 2.75) is 6.92 Å². The number of carbonyl (C=O) groups is 1. The molecule has 0 atom stereocenters. The Hall–Kier alpha value is -2.58. The highest BCUT2D eigenvalue weighted by Gasteiger charge is 2.17. The first-order valence-electron chi connectivity index (χ1n) is 8.28. The van der Waals surface area contributed by atoms with Crippen LogP contribution in [-0.2, 0) is 10.0 Å². The summed E-state index contributed by atoms with van der Waals surface area (Å²) in [6, 6.07) is 14.3. The molecule has 1 heterocycles. The second-order valence-corrected chi connectivity index (χ2v) is 8.93. The Morgan fingerprint density at radius 2 is 1.85 bits per heavy atom. The topological polar surface area (TPSA) is 75.7 Å². The van der Waals surface area contributed by atoms with E-state index in [2.05, 4.69) is 5.32 Å². The van der Waals surface area contributed by atoms with Gasteiger partial charge in [-0.15, -0.1) is 11.3 Å². The molecule has 0 spiro atoms. The normalized spacial score (nSPS) is 11.4. The molecular formula is C19H20N2O4S2. The van der Waals surface area contributed by atoms with E-state index in [4.69, 9.17) is 4.74 Å². The van der Waals surface area contributed by atoms with Gasteiger partial charge in [0.15, 0.2) is 0 Å². The third kappa shape index (κ3) is 4.23. The molecular weight excluding hydrogens is 384 g/mol. The van der Waals surface area contributed by atoms with Gasteiger partial charge in [-0.2, -0.15) is 0 Å². The SMILES string of the molecule is CCN(c1ccc2sc(C(=O)Nc3ccc(OC)cc3)cc2c1)S(C)(=O)=O. The van der Waals surface area contributed by atoms with Gasteiger partial charge in [0, 0.05) is 16.9 Å². The van der Waals surface area contributed by atoms with Crippen molar-refractivity contribution in [2.24, 2.45) is 0 Å². The largest absolute Gasteiger partial charge is 0.497 e. The number of nitrogens with zero attached hydrogens (tertiary/aromatic N) is 1. The molecule has 142 valence electrons. The summed E-state index contributed by atoms with van der Waals surface area (Å²) in [4.78, 5) is 13.1. The summed E-state index contributed by atoms with van der Waals surface area (Å²) < 4.78 is 31.2. The molecule has 6 nitrogen and oxygen atoms in total. The van der Waals surface area contributed by atoms with Crippen LogP contribution in [0.2, 0.25) is 0 Å². The predicted molar refractivity (Wildman–Crippen MR) is 111 cm³/mol. The first-order valence-corrected chi connectivity index (χ1v) is 10.9. The van der Waals surface area contributed by atoms with Crippen LogP contribution >= 0.6 is 11.3 Å². The summed E-state index contributed by atoms with van der Waals surface area (Å²) in [7, 11) is -1.76. The van der Waals surface area contributed by atoms with E-state index in [1.165, 1.54) is 21.9 Å². The fourth-order valence-electron chi connectivity index (χ4n) is 2.77. The van der Waals surface area contributed by atoms with E-state index in [0.29, 0.717) is 28.5 Å². The number of amides is 1. The lowest BCUT2D eigenvalue weighted by atomic mass is 10.2. The Labute approximate surface area is 162 Å². The summed E-state index contributed by atoms with van der Waals surface area (Å²) in [6.07, 6.45) is 1.18. The highest BCUT2D eigenvalue weighted by molar-refractivity contribution is 7.92. The Kier molecular flexibility index (Phi) is 5.38. The van der Waals surface area contributed by atoms with Crippen molar-refractivity contribution >= 4 is 48.7 Å². The number of nitrogens with one attached hydrogen (secondary N) is 1. The number of sulfonamides is 1. The minimum Gasteiger partial charge on any atom is -0.497 e. The summed E-state index contributed by atoms with van der Waals surface area (Å²) in [5, 5.41) is 3.69. The molecule has 3 rings (SSSR count). The van der Waals surface area contributed by atoms with Gasteiger partial charge in [-0.1, -0.05) is 0 Å². The molecule has 1 N–H and O–H groups in total. The molecule has 1 aromatic heterocycles. The molecule has 0 bridgehead atoms. The molecule has 0 aliphatic rings. The Morgan fingerprint density at radius 1 is 1.15 bits per heavy atom. The zero-order chi connectivity index (χ0) is 19.6. The van der Waals surface area contributed by atoms with Gasteiger partial charge in [0.05, 0.1) is 23.9 Å². The van der Waals surface area contributed by atoms with Crippen molar-refractivity contribution in [1.29, 1.82) is 0 Å². The van der Waals surface area contributed by atoms with Gasteiger partial charge >= 0.3 is 0 Å². The van der Waals surface area contributed by atoms with Crippen LogP contribution in [0, 0.1) is 0 Å². The third-order valence-electron chi connectivity index (χ3n) is 4.05. The maximum absolute atomic E-state index is 12.5. The summed E-state index contributed by atoms with van der Waals surface area (Å²) in [5.74, 6) is 0.507. The Balaban J connectivity index is 1.86. The van der Waals surface area contributed by atoms with E-state index in [0.717, 1.165) is 10.1 Å². The second-order valence-electron chi connectivity index (χ2n) is 5.94. The summed E-state index contributed by atoms with van der Waals surface area (Å²) in [5.41, 5.74) is 1.26. The first kappa shape index (κ1) is 19.2. The Morgan fingerprint density at radius 3 is 2.44 bits per heavy atom. The van der Waals surface area contributed by atoms with E-state index in [-0.39, 0.29) is 5.91 Å². The maximum Gasteiger partial charge on any atom is 0.265 e. The van der Waals surface area contributed by atoms with Crippen molar-refractivity contribution in [3.8, 4) is 5.75 Å². The van der Waals surface area contributed by atoms with Crippen molar-refractivity contribution < 1.29 is 17.9 Å². The third-order valence-corrected chi connectivity index (χ3v) is 6.43. The molecule has 27 heavy (non-hydrogen) atoms. The average molecular weight is 405 g/mol. The van der Waals surface area contributed by atoms with E-state index >= 15 is 0 Å². The van der Waals surface area contributed by atoms with Crippen molar-refractivity contribution in [3.05, 3.63) is 53.4 Å². The molecule has 3 aromatic rings. The lowest BCUT2D eigenvalue weighted by Gasteiger charge is -2.20. The molecule has 0 unspecified atom stereocenters. The Bertz CT molecular complexity index is 1070. The zero-order valence-electron chi connectivity index (χ0n) is 15.2. The number of methoxy groups -OCH3 is 1. The number of thiophene rings is 1. The van der Waals surface area contributed by atoms with E-state index in [1.807, 2.05) is 6.07 Å². The molecule has 8 heteroatoms. The predicted octanol–water partition coefficient (Wildman–Crippen LogP) is 3.95. The van der Waals surface area contributed by atoms with Crippen LogP contribution in [0.25, 0.3) is 10.1 Å². The fourth-order valence-corrected chi connectivity index (χ4v) is 4.68. The molecule has 0 radical (unpaired) electrons. The van der Waals surface area contributed by atoms with E-state index < -0.39 is 10.0 Å². The van der Waals surface area contributed by atoms with Crippen molar-refractivity contribution in [2.75, 3.05) is 29.5 Å². The van der Waals surface area contributed by atoms with Gasteiger partial charge in [-0.3, -0.25) is 9.10 Å². The standard InChI is InChI=1S/C19H20N2O4S2/c1-4-21(27(3,23)24)15-7-10-17-13(11-15)12-18(26-17)19(22)20-14-5-8-16(25-2)9-6-14/h5-12H,4H2,1-3H3,(H,20,22). The van der Waals surface area contributed by atoms with Gasteiger partial charge in [0.25, 0.3) is 5.91 Å². The van der Waals surface area contributed by atoms with Crippen molar-refractivity contribution in [3.63, 3.8) is 0 Å². The van der Waals surface area contributed by atoms with Crippen LogP contribution in [0.15, 0.2) is 48.5 Å². The number of carbonyl (C=O) groups excluding carboxylic acids is 1. The van der Waals surface area contributed by atoms with Gasteiger partial charge < -0.3 is 10.1 Å². The van der Waals surface area contributed by atoms with Gasteiger partial charge in [0.2, 0.25) is 10.0 Å². The first-order chi connectivity index (χ1) is 12.8.